The Bertz CT molecular complexity index is 663. The van der Waals surface area contributed by atoms with Crippen molar-refractivity contribution in [1.82, 2.24) is 19.9 Å². The molecule has 1 fully saturated rings. The number of para-hydroxylation sites is 1. The van der Waals surface area contributed by atoms with E-state index in [4.69, 9.17) is 10.5 Å². The normalized spacial score (nSPS) is 20.5. The van der Waals surface area contributed by atoms with Gasteiger partial charge in [-0.15, -0.1) is 17.5 Å². The number of amides is 1. The largest absolute Gasteiger partial charge is 0.381 e. The summed E-state index contributed by atoms with van der Waals surface area (Å²) in [6, 6.07) is 9.48. The van der Waals surface area contributed by atoms with E-state index in [1.165, 1.54) is 11.0 Å². The zero-order chi connectivity index (χ0) is 16.2. The maximum Gasteiger partial charge on any atom is 0.276 e. The Morgan fingerprint density at radius 2 is 2.12 bits per heavy atom. The average Bonchev–Trinajstić information content (AvgIpc) is 3.11. The molecule has 24 heavy (non-hydrogen) atoms. The number of ether oxygens (including phenoxy) is 1. The van der Waals surface area contributed by atoms with Gasteiger partial charge in [-0.1, -0.05) is 18.2 Å². The van der Waals surface area contributed by atoms with E-state index in [1.807, 2.05) is 30.3 Å². The molecular formula is C16H22ClN5O2. The number of rotatable bonds is 4. The third-order valence-electron chi connectivity index (χ3n) is 4.23. The molecule has 2 heterocycles. The van der Waals surface area contributed by atoms with Crippen LogP contribution in [0.1, 0.15) is 23.3 Å². The smallest absolute Gasteiger partial charge is 0.276 e. The van der Waals surface area contributed by atoms with Gasteiger partial charge < -0.3 is 15.4 Å². The van der Waals surface area contributed by atoms with Crippen LogP contribution in [0.5, 0.6) is 0 Å². The molecule has 1 amide bonds. The van der Waals surface area contributed by atoms with Crippen molar-refractivity contribution in [3.8, 4) is 5.69 Å². The second kappa shape index (κ2) is 8.23. The van der Waals surface area contributed by atoms with Gasteiger partial charge in [-0.05, 0) is 25.0 Å². The molecule has 0 aliphatic carbocycles. The molecule has 1 aromatic carbocycles. The van der Waals surface area contributed by atoms with E-state index in [0.29, 0.717) is 18.8 Å². The second-order valence-corrected chi connectivity index (χ2v) is 5.62. The monoisotopic (exact) mass is 351 g/mol. The van der Waals surface area contributed by atoms with Crippen molar-refractivity contribution in [3.63, 3.8) is 0 Å². The number of aromatic nitrogens is 3. The van der Waals surface area contributed by atoms with Gasteiger partial charge in [0.05, 0.1) is 18.0 Å². The molecule has 2 N–H and O–H groups in total. The molecule has 130 valence electrons. The number of carbonyl (C=O) groups excluding carboxylic acids is 1. The van der Waals surface area contributed by atoms with E-state index in [1.54, 1.807) is 12.0 Å². The van der Waals surface area contributed by atoms with Gasteiger partial charge in [0.15, 0.2) is 5.69 Å². The zero-order valence-corrected chi connectivity index (χ0v) is 14.4. The van der Waals surface area contributed by atoms with Crippen molar-refractivity contribution in [2.24, 2.45) is 5.73 Å². The predicted octanol–water partition coefficient (Wildman–Crippen LogP) is 1.27. The summed E-state index contributed by atoms with van der Waals surface area (Å²) in [7, 11) is 1.70. The number of hydrogen-bond acceptors (Lipinski definition) is 5. The highest BCUT2D eigenvalue weighted by Gasteiger charge is 2.32. The number of halogens is 1. The lowest BCUT2D eigenvalue weighted by Crippen LogP contribution is -2.51. The number of hydrogen-bond donors (Lipinski definition) is 1. The highest BCUT2D eigenvalue weighted by molar-refractivity contribution is 5.92. The van der Waals surface area contributed by atoms with Gasteiger partial charge >= 0.3 is 0 Å². The summed E-state index contributed by atoms with van der Waals surface area (Å²) in [5.41, 5.74) is 6.99. The second-order valence-electron chi connectivity index (χ2n) is 5.62. The molecule has 2 unspecified atom stereocenters. The first-order valence-corrected chi connectivity index (χ1v) is 7.74. The first-order chi connectivity index (χ1) is 11.2. The standard InChI is InChI=1S/C16H21N5O2.ClH/c1-23-14-7-8-20(13(9-14)10-17)16(22)15-11-18-21(19-15)12-5-3-2-4-6-12;/h2-6,11,13-14H,7-10,17H2,1H3;1H. The van der Waals surface area contributed by atoms with Crippen LogP contribution in [0.3, 0.4) is 0 Å². The van der Waals surface area contributed by atoms with Crippen LogP contribution in [-0.4, -0.2) is 58.1 Å². The number of piperidine rings is 1. The van der Waals surface area contributed by atoms with Crippen LogP contribution in [0, 0.1) is 0 Å². The quantitative estimate of drug-likeness (QED) is 0.896. The fraction of sp³-hybridized carbons (Fsp3) is 0.438. The lowest BCUT2D eigenvalue weighted by molar-refractivity contribution is 0.0136. The third kappa shape index (κ3) is 3.75. The van der Waals surface area contributed by atoms with Crippen molar-refractivity contribution in [3.05, 3.63) is 42.2 Å². The Hall–Kier alpha value is -1.96. The van der Waals surface area contributed by atoms with Crippen molar-refractivity contribution >= 4 is 18.3 Å². The number of methoxy groups -OCH3 is 1. The fourth-order valence-corrected chi connectivity index (χ4v) is 2.91. The van der Waals surface area contributed by atoms with Crippen LogP contribution in [0.15, 0.2) is 36.5 Å². The lowest BCUT2D eigenvalue weighted by atomic mass is 9.99. The molecule has 0 radical (unpaired) electrons. The van der Waals surface area contributed by atoms with E-state index < -0.39 is 0 Å². The Labute approximate surface area is 147 Å². The highest BCUT2D eigenvalue weighted by Crippen LogP contribution is 2.21. The summed E-state index contributed by atoms with van der Waals surface area (Å²) in [6.45, 7) is 1.04. The lowest BCUT2D eigenvalue weighted by Gasteiger charge is -2.38. The number of likely N-dealkylation sites (tertiary alicyclic amines) is 1. The molecule has 1 aliphatic heterocycles. The van der Waals surface area contributed by atoms with E-state index in [-0.39, 0.29) is 30.5 Å². The molecule has 2 atom stereocenters. The molecule has 1 saturated heterocycles. The molecule has 1 aliphatic rings. The summed E-state index contributed by atoms with van der Waals surface area (Å²) >= 11 is 0. The van der Waals surface area contributed by atoms with Crippen LogP contribution in [-0.2, 0) is 4.74 Å². The van der Waals surface area contributed by atoms with Crippen molar-refractivity contribution in [2.75, 3.05) is 20.2 Å². The molecule has 8 heteroatoms. The minimum Gasteiger partial charge on any atom is -0.381 e. The van der Waals surface area contributed by atoms with Gasteiger partial charge in [-0.3, -0.25) is 4.79 Å². The Morgan fingerprint density at radius 3 is 2.79 bits per heavy atom. The molecule has 2 aromatic rings. The number of nitrogens with two attached hydrogens (primary N) is 1. The summed E-state index contributed by atoms with van der Waals surface area (Å²) < 4.78 is 5.39. The van der Waals surface area contributed by atoms with Gasteiger partial charge in [0.1, 0.15) is 0 Å². The molecule has 7 nitrogen and oxygen atoms in total. The summed E-state index contributed by atoms with van der Waals surface area (Å²) in [5.74, 6) is -0.128. The average molecular weight is 352 g/mol. The van der Waals surface area contributed by atoms with Crippen molar-refractivity contribution < 1.29 is 9.53 Å². The van der Waals surface area contributed by atoms with Crippen LogP contribution < -0.4 is 5.73 Å². The molecule has 0 saturated carbocycles. The fourth-order valence-electron chi connectivity index (χ4n) is 2.91. The van der Waals surface area contributed by atoms with Crippen LogP contribution in [0.4, 0.5) is 0 Å². The van der Waals surface area contributed by atoms with Gasteiger partial charge in [0, 0.05) is 26.2 Å². The molecule has 0 spiro atoms. The van der Waals surface area contributed by atoms with Crippen LogP contribution in [0.2, 0.25) is 0 Å². The SMILES string of the molecule is COC1CCN(C(=O)c2cnn(-c3ccccc3)n2)C(CN)C1.Cl. The Balaban J connectivity index is 0.00000208. The summed E-state index contributed by atoms with van der Waals surface area (Å²) in [5, 5.41) is 8.49. The van der Waals surface area contributed by atoms with Crippen LogP contribution in [0.25, 0.3) is 5.69 Å². The Kier molecular flexibility index (Phi) is 6.30. The minimum atomic E-state index is -0.128. The van der Waals surface area contributed by atoms with Crippen LogP contribution >= 0.6 is 12.4 Å². The zero-order valence-electron chi connectivity index (χ0n) is 13.5. The number of carbonyl (C=O) groups is 1. The highest BCUT2D eigenvalue weighted by atomic mass is 35.5. The van der Waals surface area contributed by atoms with Gasteiger partial charge in [-0.2, -0.15) is 9.90 Å². The maximum absolute atomic E-state index is 12.7. The van der Waals surface area contributed by atoms with Gasteiger partial charge in [-0.25, -0.2) is 0 Å². The topological polar surface area (TPSA) is 86.3 Å². The predicted molar refractivity (Wildman–Crippen MR) is 92.5 cm³/mol. The van der Waals surface area contributed by atoms with Gasteiger partial charge in [0.2, 0.25) is 0 Å². The third-order valence-corrected chi connectivity index (χ3v) is 4.23. The van der Waals surface area contributed by atoms with E-state index in [2.05, 4.69) is 10.2 Å². The summed E-state index contributed by atoms with van der Waals surface area (Å²) in [4.78, 5) is 16.0. The number of benzene rings is 1. The molecule has 0 bridgehead atoms. The van der Waals surface area contributed by atoms with E-state index in [0.717, 1.165) is 18.5 Å². The van der Waals surface area contributed by atoms with Gasteiger partial charge in [0.25, 0.3) is 5.91 Å². The Morgan fingerprint density at radius 1 is 1.38 bits per heavy atom. The summed E-state index contributed by atoms with van der Waals surface area (Å²) in [6.07, 6.45) is 3.23. The minimum absolute atomic E-state index is 0. The van der Waals surface area contributed by atoms with E-state index >= 15 is 0 Å². The van der Waals surface area contributed by atoms with E-state index in [9.17, 15) is 4.79 Å². The maximum atomic E-state index is 12.7. The van der Waals surface area contributed by atoms with Crippen molar-refractivity contribution in [1.29, 1.82) is 0 Å². The first-order valence-electron chi connectivity index (χ1n) is 7.74. The number of nitrogens with zero attached hydrogens (tertiary/aromatic N) is 4. The molecule has 1 aromatic heterocycles. The first kappa shape index (κ1) is 18.4. The molecular weight excluding hydrogens is 330 g/mol. The van der Waals surface area contributed by atoms with Crippen molar-refractivity contribution in [2.45, 2.75) is 25.0 Å². The molecule has 3 rings (SSSR count).